The summed E-state index contributed by atoms with van der Waals surface area (Å²) in [6.45, 7) is 7.01. The largest absolute Gasteiger partial charge is 0.354 e. The summed E-state index contributed by atoms with van der Waals surface area (Å²) in [5.41, 5.74) is 0.126. The van der Waals surface area contributed by atoms with Crippen LogP contribution in [0.2, 0.25) is 0 Å². The van der Waals surface area contributed by atoms with E-state index in [0.29, 0.717) is 12.2 Å². The van der Waals surface area contributed by atoms with Crippen LogP contribution < -0.4 is 0 Å². The molecule has 0 saturated carbocycles. The second-order valence-electron chi connectivity index (χ2n) is 4.59. The van der Waals surface area contributed by atoms with Crippen LogP contribution in [-0.2, 0) is 14.3 Å². The zero-order valence-corrected chi connectivity index (χ0v) is 10.6. The summed E-state index contributed by atoms with van der Waals surface area (Å²) in [5.74, 6) is -0.684. The van der Waals surface area contributed by atoms with Crippen molar-refractivity contribution in [1.29, 1.82) is 0 Å². The number of benzene rings is 1. The van der Waals surface area contributed by atoms with E-state index < -0.39 is 5.60 Å². The molecule has 1 saturated heterocycles. The van der Waals surface area contributed by atoms with E-state index in [2.05, 4.69) is 6.58 Å². The molecule has 0 N–H and O–H groups in total. The van der Waals surface area contributed by atoms with Gasteiger partial charge in [-0.2, -0.15) is 0 Å². The van der Waals surface area contributed by atoms with Crippen LogP contribution >= 0.6 is 0 Å². The molecule has 94 valence electrons. The Labute approximate surface area is 106 Å². The van der Waals surface area contributed by atoms with Crippen molar-refractivity contribution < 1.29 is 14.3 Å². The molecule has 3 nitrogen and oxygen atoms in total. The van der Waals surface area contributed by atoms with E-state index in [9.17, 15) is 9.59 Å². The highest BCUT2D eigenvalue weighted by Gasteiger charge is 2.52. The lowest BCUT2D eigenvalue weighted by Crippen LogP contribution is -2.45. The predicted molar refractivity (Wildman–Crippen MR) is 68.4 cm³/mol. The Bertz CT molecular complexity index is 488. The molecule has 0 aliphatic carbocycles. The van der Waals surface area contributed by atoms with Crippen molar-refractivity contribution in [2.75, 3.05) is 6.61 Å². The molecule has 18 heavy (non-hydrogen) atoms. The molecular formula is C15H16O3. The van der Waals surface area contributed by atoms with Crippen LogP contribution in [0.25, 0.3) is 0 Å². The fraction of sp³-hybridized carbons (Fsp3) is 0.333. The average molecular weight is 244 g/mol. The fourth-order valence-electron chi connectivity index (χ4n) is 2.53. The predicted octanol–water partition coefficient (Wildman–Crippen LogP) is 2.27. The number of carbonyl (C=O) groups is 2. The maximum atomic E-state index is 11.8. The Morgan fingerprint density at radius 2 is 1.78 bits per heavy atom. The van der Waals surface area contributed by atoms with E-state index >= 15 is 0 Å². The molecule has 3 heteroatoms. The second-order valence-corrected chi connectivity index (χ2v) is 4.59. The quantitative estimate of drug-likeness (QED) is 0.605. The molecule has 1 aliphatic rings. The SMILES string of the molecule is C=C1C(c2ccccc2)COC1(C(C)=O)C(C)=O. The van der Waals surface area contributed by atoms with Gasteiger partial charge < -0.3 is 4.74 Å². The smallest absolute Gasteiger partial charge is 0.205 e. The van der Waals surface area contributed by atoms with Gasteiger partial charge >= 0.3 is 0 Å². The number of Topliss-reactive ketones (excluding diaryl/α,β-unsaturated/α-hetero) is 2. The van der Waals surface area contributed by atoms with Crippen LogP contribution in [-0.4, -0.2) is 23.8 Å². The molecular weight excluding hydrogens is 228 g/mol. The number of hydrogen-bond acceptors (Lipinski definition) is 3. The molecule has 1 unspecified atom stereocenters. The normalized spacial score (nSPS) is 21.9. The first kappa shape index (κ1) is 12.7. The highest BCUT2D eigenvalue weighted by molar-refractivity contribution is 6.12. The maximum Gasteiger partial charge on any atom is 0.205 e. The van der Waals surface area contributed by atoms with Crippen LogP contribution in [0.1, 0.15) is 25.3 Å². The Morgan fingerprint density at radius 1 is 1.22 bits per heavy atom. The van der Waals surface area contributed by atoms with Gasteiger partial charge in [0, 0.05) is 5.92 Å². The summed E-state index contributed by atoms with van der Waals surface area (Å²) in [5, 5.41) is 0. The van der Waals surface area contributed by atoms with Crippen LogP contribution in [0.4, 0.5) is 0 Å². The molecule has 0 aromatic heterocycles. The average Bonchev–Trinajstić information content (AvgIpc) is 2.69. The third-order valence-electron chi connectivity index (χ3n) is 3.53. The summed E-state index contributed by atoms with van der Waals surface area (Å²) in [4.78, 5) is 23.6. The van der Waals surface area contributed by atoms with Crippen molar-refractivity contribution in [3.8, 4) is 0 Å². The van der Waals surface area contributed by atoms with Crippen molar-refractivity contribution >= 4 is 11.6 Å². The van der Waals surface area contributed by atoms with E-state index in [0.717, 1.165) is 5.56 Å². The lowest BCUT2D eigenvalue weighted by Gasteiger charge is -2.24. The van der Waals surface area contributed by atoms with E-state index in [1.807, 2.05) is 30.3 Å². The Hall–Kier alpha value is -1.74. The fourth-order valence-corrected chi connectivity index (χ4v) is 2.53. The molecule has 0 bridgehead atoms. The third kappa shape index (κ3) is 1.71. The minimum absolute atomic E-state index is 0.0981. The highest BCUT2D eigenvalue weighted by atomic mass is 16.5. The maximum absolute atomic E-state index is 11.8. The minimum atomic E-state index is -1.44. The van der Waals surface area contributed by atoms with Gasteiger partial charge in [-0.25, -0.2) is 0 Å². The minimum Gasteiger partial charge on any atom is -0.354 e. The number of ketones is 2. The zero-order valence-electron chi connectivity index (χ0n) is 10.6. The van der Waals surface area contributed by atoms with Crippen LogP contribution in [0.15, 0.2) is 42.5 Å². The lowest BCUT2D eigenvalue weighted by molar-refractivity contribution is -0.146. The molecule has 0 amide bonds. The van der Waals surface area contributed by atoms with E-state index in [4.69, 9.17) is 4.74 Å². The molecule has 1 fully saturated rings. The van der Waals surface area contributed by atoms with Crippen LogP contribution in [0, 0.1) is 0 Å². The number of rotatable bonds is 3. The van der Waals surface area contributed by atoms with Crippen molar-refractivity contribution in [1.82, 2.24) is 0 Å². The van der Waals surface area contributed by atoms with Gasteiger partial charge in [0.15, 0.2) is 11.6 Å². The zero-order chi connectivity index (χ0) is 13.3. The topological polar surface area (TPSA) is 43.4 Å². The molecule has 1 heterocycles. The standard InChI is InChI=1S/C15H16O3/c1-10-14(13-7-5-4-6-8-13)9-18-15(10,11(2)16)12(3)17/h4-8,14H,1,9H2,2-3H3. The lowest BCUT2D eigenvalue weighted by atomic mass is 9.80. The van der Waals surface area contributed by atoms with E-state index in [-0.39, 0.29) is 17.5 Å². The number of carbonyl (C=O) groups excluding carboxylic acids is 2. The molecule has 2 rings (SSSR count). The summed E-state index contributed by atoms with van der Waals surface area (Å²) >= 11 is 0. The monoisotopic (exact) mass is 244 g/mol. The van der Waals surface area contributed by atoms with Gasteiger partial charge in [0.2, 0.25) is 5.60 Å². The first-order chi connectivity index (χ1) is 8.50. The van der Waals surface area contributed by atoms with E-state index in [1.165, 1.54) is 13.8 Å². The van der Waals surface area contributed by atoms with E-state index in [1.54, 1.807) is 0 Å². The van der Waals surface area contributed by atoms with Gasteiger partial charge in [-0.3, -0.25) is 9.59 Å². The van der Waals surface area contributed by atoms with Crippen molar-refractivity contribution in [3.05, 3.63) is 48.0 Å². The molecule has 1 atom stereocenters. The first-order valence-corrected chi connectivity index (χ1v) is 5.90. The summed E-state index contributed by atoms with van der Waals surface area (Å²) in [7, 11) is 0. The van der Waals surface area contributed by atoms with Crippen LogP contribution in [0.5, 0.6) is 0 Å². The molecule has 0 spiro atoms. The molecule has 1 aromatic rings. The van der Waals surface area contributed by atoms with Crippen molar-refractivity contribution in [2.24, 2.45) is 0 Å². The Kier molecular flexibility index (Phi) is 3.18. The molecule has 1 aromatic carbocycles. The first-order valence-electron chi connectivity index (χ1n) is 5.90. The third-order valence-corrected chi connectivity index (χ3v) is 3.53. The summed E-state index contributed by atoms with van der Waals surface area (Å²) in [6, 6.07) is 9.67. The van der Waals surface area contributed by atoms with Crippen molar-refractivity contribution in [2.45, 2.75) is 25.4 Å². The number of ether oxygens (including phenoxy) is 1. The Morgan fingerprint density at radius 3 is 2.22 bits per heavy atom. The van der Waals surface area contributed by atoms with Gasteiger partial charge in [0.1, 0.15) is 0 Å². The van der Waals surface area contributed by atoms with Crippen molar-refractivity contribution in [3.63, 3.8) is 0 Å². The number of hydrogen-bond donors (Lipinski definition) is 0. The van der Waals surface area contributed by atoms with Gasteiger partial charge in [-0.15, -0.1) is 0 Å². The van der Waals surface area contributed by atoms with Crippen LogP contribution in [0.3, 0.4) is 0 Å². The molecule has 1 aliphatic heterocycles. The van der Waals surface area contributed by atoms with Gasteiger partial charge in [0.25, 0.3) is 0 Å². The molecule has 0 radical (unpaired) electrons. The van der Waals surface area contributed by atoms with Gasteiger partial charge in [0.05, 0.1) is 6.61 Å². The summed E-state index contributed by atoms with van der Waals surface area (Å²) < 4.78 is 5.54. The van der Waals surface area contributed by atoms with Gasteiger partial charge in [-0.05, 0) is 25.0 Å². The summed E-state index contributed by atoms with van der Waals surface area (Å²) in [6.07, 6.45) is 0. The Balaban J connectivity index is 2.40. The van der Waals surface area contributed by atoms with Gasteiger partial charge in [-0.1, -0.05) is 36.9 Å². The highest BCUT2D eigenvalue weighted by Crippen LogP contribution is 2.41. The second kappa shape index (κ2) is 4.50.